The summed E-state index contributed by atoms with van der Waals surface area (Å²) in [6, 6.07) is 2.98. The first kappa shape index (κ1) is 15.0. The Bertz CT molecular complexity index is 964. The zero-order valence-corrected chi connectivity index (χ0v) is 14.0. The van der Waals surface area contributed by atoms with Gasteiger partial charge in [0.2, 0.25) is 0 Å². The summed E-state index contributed by atoms with van der Waals surface area (Å²) in [5, 5.41) is 0.611. The van der Waals surface area contributed by atoms with E-state index in [-0.39, 0.29) is 23.4 Å². The SMILES string of the molecule is CC1Oc2c3c(c4ccc(=O)oc4c2C(=O)C1C)OC(C)(C)C=C3. The fraction of sp³-hybridized carbons (Fsp3) is 0.368. The van der Waals surface area contributed by atoms with Crippen LogP contribution in [-0.2, 0) is 0 Å². The van der Waals surface area contributed by atoms with Gasteiger partial charge in [0.1, 0.15) is 28.8 Å². The van der Waals surface area contributed by atoms with E-state index in [1.807, 2.05) is 39.8 Å². The van der Waals surface area contributed by atoms with Crippen molar-refractivity contribution in [2.75, 3.05) is 0 Å². The van der Waals surface area contributed by atoms with E-state index in [2.05, 4.69) is 0 Å². The number of hydrogen-bond acceptors (Lipinski definition) is 5. The fourth-order valence-electron chi connectivity index (χ4n) is 3.18. The van der Waals surface area contributed by atoms with E-state index in [0.29, 0.717) is 22.4 Å². The van der Waals surface area contributed by atoms with Crippen LogP contribution in [-0.4, -0.2) is 17.5 Å². The molecule has 2 aromatic rings. The van der Waals surface area contributed by atoms with E-state index in [1.165, 1.54) is 6.07 Å². The van der Waals surface area contributed by atoms with Crippen molar-refractivity contribution in [3.05, 3.63) is 39.8 Å². The third-order valence-electron chi connectivity index (χ3n) is 4.71. The average Bonchev–Trinajstić information content (AvgIpc) is 2.51. The highest BCUT2D eigenvalue weighted by molar-refractivity contribution is 6.13. The summed E-state index contributed by atoms with van der Waals surface area (Å²) < 4.78 is 17.5. The normalized spacial score (nSPS) is 24.1. The second-order valence-corrected chi connectivity index (χ2v) is 6.96. The van der Waals surface area contributed by atoms with Gasteiger partial charge < -0.3 is 13.9 Å². The van der Waals surface area contributed by atoms with E-state index < -0.39 is 11.2 Å². The maximum atomic E-state index is 12.9. The number of hydrogen-bond donors (Lipinski definition) is 0. The number of benzene rings is 1. The molecule has 0 spiro atoms. The van der Waals surface area contributed by atoms with Gasteiger partial charge in [-0.05, 0) is 39.0 Å². The van der Waals surface area contributed by atoms with Crippen LogP contribution in [0.4, 0.5) is 0 Å². The van der Waals surface area contributed by atoms with Gasteiger partial charge in [0.15, 0.2) is 11.4 Å². The standard InChI is InChI=1S/C19H18O5/c1-9-10(2)22-17-12-7-8-19(3,4)24-16(12)11-5-6-13(20)23-18(11)14(17)15(9)21/h5-10H,1-4H3. The van der Waals surface area contributed by atoms with Gasteiger partial charge in [-0.3, -0.25) is 4.79 Å². The molecule has 0 bridgehead atoms. The molecule has 1 aromatic heterocycles. The predicted octanol–water partition coefficient (Wildman–Crippen LogP) is 3.58. The monoisotopic (exact) mass is 326 g/mol. The van der Waals surface area contributed by atoms with Crippen molar-refractivity contribution >= 4 is 22.8 Å². The first-order valence-electron chi connectivity index (χ1n) is 8.01. The molecule has 2 aliphatic rings. The van der Waals surface area contributed by atoms with E-state index in [0.717, 1.165) is 5.56 Å². The Morgan fingerprint density at radius 2 is 1.83 bits per heavy atom. The molecule has 4 rings (SSSR count). The number of ketones is 1. The van der Waals surface area contributed by atoms with Crippen LogP contribution < -0.4 is 15.1 Å². The van der Waals surface area contributed by atoms with Crippen LogP contribution in [0.3, 0.4) is 0 Å². The maximum absolute atomic E-state index is 12.9. The molecule has 124 valence electrons. The van der Waals surface area contributed by atoms with Crippen molar-refractivity contribution in [1.29, 1.82) is 0 Å². The molecule has 0 radical (unpaired) electrons. The minimum absolute atomic E-state index is 0.0795. The van der Waals surface area contributed by atoms with E-state index >= 15 is 0 Å². The third-order valence-corrected chi connectivity index (χ3v) is 4.71. The average molecular weight is 326 g/mol. The third kappa shape index (κ3) is 2.00. The Morgan fingerprint density at radius 1 is 1.08 bits per heavy atom. The van der Waals surface area contributed by atoms with Gasteiger partial charge in [-0.25, -0.2) is 4.79 Å². The minimum Gasteiger partial charge on any atom is -0.488 e. The number of carbonyl (C=O) groups excluding carboxylic acids is 1. The molecule has 0 aliphatic carbocycles. The molecule has 5 nitrogen and oxygen atoms in total. The van der Waals surface area contributed by atoms with E-state index in [9.17, 15) is 9.59 Å². The second-order valence-electron chi connectivity index (χ2n) is 6.96. The summed E-state index contributed by atoms with van der Waals surface area (Å²) >= 11 is 0. The number of ether oxygens (including phenoxy) is 2. The summed E-state index contributed by atoms with van der Waals surface area (Å²) in [6.45, 7) is 7.55. The quantitative estimate of drug-likeness (QED) is 0.692. The summed E-state index contributed by atoms with van der Waals surface area (Å²) in [5.74, 6) is 0.627. The Hall–Kier alpha value is -2.56. The Balaban J connectivity index is 2.16. The topological polar surface area (TPSA) is 65.7 Å². The van der Waals surface area contributed by atoms with Crippen molar-refractivity contribution in [2.24, 2.45) is 5.92 Å². The molecule has 5 heteroatoms. The van der Waals surface area contributed by atoms with Crippen molar-refractivity contribution < 1.29 is 18.7 Å². The molecule has 0 amide bonds. The van der Waals surface area contributed by atoms with Gasteiger partial charge in [0, 0.05) is 6.07 Å². The van der Waals surface area contributed by atoms with E-state index in [1.54, 1.807) is 6.07 Å². The first-order valence-corrected chi connectivity index (χ1v) is 8.01. The van der Waals surface area contributed by atoms with Gasteiger partial charge in [-0.15, -0.1) is 0 Å². The van der Waals surface area contributed by atoms with Crippen LogP contribution in [0.5, 0.6) is 11.5 Å². The van der Waals surface area contributed by atoms with Crippen molar-refractivity contribution in [1.82, 2.24) is 0 Å². The summed E-state index contributed by atoms with van der Waals surface area (Å²) in [4.78, 5) is 24.6. The number of Topliss-reactive ketones (excluding diaryl/α,β-unsaturated/α-hetero) is 1. The fourth-order valence-corrected chi connectivity index (χ4v) is 3.18. The molecule has 2 aliphatic heterocycles. The number of fused-ring (bicyclic) bond motifs is 6. The lowest BCUT2D eigenvalue weighted by Crippen LogP contribution is -2.35. The number of rotatable bonds is 0. The van der Waals surface area contributed by atoms with Crippen LogP contribution in [0.25, 0.3) is 17.0 Å². The van der Waals surface area contributed by atoms with Gasteiger partial charge >= 0.3 is 5.63 Å². The summed E-state index contributed by atoms with van der Waals surface area (Å²) in [5.41, 5.74) is 0.292. The predicted molar refractivity (Wildman–Crippen MR) is 89.8 cm³/mol. The highest BCUT2D eigenvalue weighted by Gasteiger charge is 2.38. The lowest BCUT2D eigenvalue weighted by molar-refractivity contribution is 0.0728. The first-order chi connectivity index (χ1) is 11.3. The molecule has 0 N–H and O–H groups in total. The number of carbonyl (C=O) groups is 1. The van der Waals surface area contributed by atoms with Crippen molar-refractivity contribution in [2.45, 2.75) is 39.4 Å². The Kier molecular flexibility index (Phi) is 2.95. The molecule has 0 fully saturated rings. The summed E-state index contributed by atoms with van der Waals surface area (Å²) in [7, 11) is 0. The molecule has 3 heterocycles. The molecule has 2 atom stereocenters. The van der Waals surface area contributed by atoms with Gasteiger partial charge in [-0.1, -0.05) is 6.92 Å². The van der Waals surface area contributed by atoms with Crippen LogP contribution in [0.15, 0.2) is 27.4 Å². The van der Waals surface area contributed by atoms with Gasteiger partial charge in [0.05, 0.1) is 16.9 Å². The molecule has 24 heavy (non-hydrogen) atoms. The summed E-state index contributed by atoms with van der Waals surface area (Å²) in [6.07, 6.45) is 3.58. The largest absolute Gasteiger partial charge is 0.488 e. The second kappa shape index (κ2) is 4.72. The maximum Gasteiger partial charge on any atom is 0.336 e. The van der Waals surface area contributed by atoms with Crippen molar-refractivity contribution in [3.8, 4) is 11.5 Å². The van der Waals surface area contributed by atoms with Gasteiger partial charge in [-0.2, -0.15) is 0 Å². The zero-order chi connectivity index (χ0) is 17.2. The highest BCUT2D eigenvalue weighted by atomic mass is 16.5. The highest BCUT2D eigenvalue weighted by Crippen LogP contribution is 2.48. The lowest BCUT2D eigenvalue weighted by atomic mass is 9.87. The molecule has 2 unspecified atom stereocenters. The van der Waals surface area contributed by atoms with Gasteiger partial charge in [0.25, 0.3) is 0 Å². The molecule has 0 saturated heterocycles. The molecule has 1 aromatic carbocycles. The molecule has 0 saturated carbocycles. The zero-order valence-electron chi connectivity index (χ0n) is 14.0. The molecular weight excluding hydrogens is 308 g/mol. The Labute approximate surface area is 138 Å². The van der Waals surface area contributed by atoms with Crippen LogP contribution in [0.1, 0.15) is 43.6 Å². The smallest absolute Gasteiger partial charge is 0.336 e. The minimum atomic E-state index is -0.505. The van der Waals surface area contributed by atoms with E-state index in [4.69, 9.17) is 13.9 Å². The van der Waals surface area contributed by atoms with Crippen molar-refractivity contribution in [3.63, 3.8) is 0 Å². The van der Waals surface area contributed by atoms with Crippen LogP contribution in [0.2, 0.25) is 0 Å². The van der Waals surface area contributed by atoms with Crippen LogP contribution >= 0.6 is 0 Å². The Morgan fingerprint density at radius 3 is 2.58 bits per heavy atom. The van der Waals surface area contributed by atoms with Crippen LogP contribution in [0, 0.1) is 5.92 Å². The lowest BCUT2D eigenvalue weighted by Gasteiger charge is -2.34. The molecular formula is C19H18O5.